The van der Waals surface area contributed by atoms with Gasteiger partial charge in [0, 0.05) is 12.5 Å². The van der Waals surface area contributed by atoms with Gasteiger partial charge in [0.1, 0.15) is 0 Å². The van der Waals surface area contributed by atoms with Crippen LogP contribution in [0, 0.1) is 0 Å². The van der Waals surface area contributed by atoms with E-state index in [1.807, 2.05) is 0 Å². The molecule has 0 aromatic heterocycles. The molecular formula is C13H9N3O3S. The zero-order valence-electron chi connectivity index (χ0n) is 10.4. The van der Waals surface area contributed by atoms with Crippen molar-refractivity contribution in [2.24, 2.45) is 10.7 Å². The Morgan fingerprint density at radius 3 is 2.60 bits per heavy atom. The summed E-state index contributed by atoms with van der Waals surface area (Å²) in [7, 11) is 0. The first-order valence-corrected chi connectivity index (χ1v) is 6.57. The lowest BCUT2D eigenvalue weighted by atomic mass is 10.1. The molecule has 6 nitrogen and oxygen atoms in total. The van der Waals surface area contributed by atoms with Crippen LogP contribution < -0.4 is 10.6 Å². The first kappa shape index (κ1) is 12.6. The van der Waals surface area contributed by atoms with Crippen LogP contribution in [0.2, 0.25) is 0 Å². The van der Waals surface area contributed by atoms with Gasteiger partial charge in [0.05, 0.1) is 16.2 Å². The number of thioether (sulfide) groups is 1. The van der Waals surface area contributed by atoms with Crippen LogP contribution in [0.4, 0.5) is 5.69 Å². The van der Waals surface area contributed by atoms with E-state index >= 15 is 0 Å². The van der Waals surface area contributed by atoms with Crippen LogP contribution in [-0.2, 0) is 14.4 Å². The van der Waals surface area contributed by atoms with Crippen LogP contribution in [0.3, 0.4) is 0 Å². The van der Waals surface area contributed by atoms with Crippen LogP contribution in [0.25, 0.3) is 5.57 Å². The van der Waals surface area contributed by atoms with Crippen molar-refractivity contribution >= 4 is 45.9 Å². The van der Waals surface area contributed by atoms with E-state index in [2.05, 4.69) is 4.99 Å². The van der Waals surface area contributed by atoms with Gasteiger partial charge in [-0.15, -0.1) is 0 Å². The maximum absolute atomic E-state index is 12.4. The third-order valence-corrected chi connectivity index (χ3v) is 3.87. The molecule has 2 aliphatic heterocycles. The number of carbonyl (C=O) groups excluding carboxylic acids is 3. The Balaban J connectivity index is 2.25. The molecule has 20 heavy (non-hydrogen) atoms. The Morgan fingerprint density at radius 1 is 1.30 bits per heavy atom. The van der Waals surface area contributed by atoms with E-state index in [1.54, 1.807) is 24.3 Å². The predicted molar refractivity (Wildman–Crippen MR) is 75.7 cm³/mol. The normalized spacial score (nSPS) is 21.2. The molecule has 3 rings (SSSR count). The summed E-state index contributed by atoms with van der Waals surface area (Å²) in [5.41, 5.74) is 6.73. The number of nitrogens with two attached hydrogens (primary N) is 1. The second-order valence-corrected chi connectivity index (χ2v) is 5.27. The Labute approximate surface area is 118 Å². The molecule has 2 N–H and O–H groups in total. The number of benzene rings is 1. The number of imide groups is 1. The van der Waals surface area contributed by atoms with Gasteiger partial charge in [-0.1, -0.05) is 18.2 Å². The van der Waals surface area contributed by atoms with Crippen LogP contribution in [0.15, 0.2) is 34.2 Å². The average molecular weight is 287 g/mol. The van der Waals surface area contributed by atoms with Crippen molar-refractivity contribution in [2.75, 3.05) is 4.90 Å². The summed E-state index contributed by atoms with van der Waals surface area (Å²) in [6.07, 6.45) is 0. The average Bonchev–Trinajstić information content (AvgIpc) is 2.85. The highest BCUT2D eigenvalue weighted by Gasteiger charge is 2.39. The minimum Gasteiger partial charge on any atom is -0.378 e. The van der Waals surface area contributed by atoms with Crippen LogP contribution in [-0.4, -0.2) is 22.9 Å². The molecular weight excluding hydrogens is 278 g/mol. The molecule has 0 atom stereocenters. The first-order chi connectivity index (χ1) is 9.50. The molecule has 2 heterocycles. The molecule has 1 aromatic rings. The van der Waals surface area contributed by atoms with Crippen molar-refractivity contribution in [3.8, 4) is 0 Å². The molecule has 0 unspecified atom stereocenters. The Morgan fingerprint density at radius 2 is 2.00 bits per heavy atom. The van der Waals surface area contributed by atoms with Crippen molar-refractivity contribution in [2.45, 2.75) is 6.92 Å². The fraction of sp³-hybridized carbons (Fsp3) is 0.0769. The number of hydrogen-bond donors (Lipinski definition) is 1. The van der Waals surface area contributed by atoms with Gasteiger partial charge >= 0.3 is 0 Å². The van der Waals surface area contributed by atoms with E-state index in [4.69, 9.17) is 5.73 Å². The van der Waals surface area contributed by atoms with Gasteiger partial charge in [0.15, 0.2) is 5.17 Å². The molecule has 0 saturated carbocycles. The molecule has 0 saturated heterocycles. The third-order valence-electron chi connectivity index (χ3n) is 2.99. The molecule has 0 radical (unpaired) electrons. The van der Waals surface area contributed by atoms with Gasteiger partial charge < -0.3 is 5.73 Å². The molecule has 100 valence electrons. The number of amides is 3. The van der Waals surface area contributed by atoms with Gasteiger partial charge in [0.2, 0.25) is 5.91 Å². The summed E-state index contributed by atoms with van der Waals surface area (Å²) in [4.78, 5) is 40.7. The second-order valence-electron chi connectivity index (χ2n) is 4.24. The lowest BCUT2D eigenvalue weighted by Crippen LogP contribution is -2.31. The monoisotopic (exact) mass is 287 g/mol. The van der Waals surface area contributed by atoms with Crippen molar-refractivity contribution in [1.82, 2.24) is 0 Å². The number of rotatable bonds is 0. The Kier molecular flexibility index (Phi) is 2.72. The molecule has 0 aliphatic carbocycles. The highest BCUT2D eigenvalue weighted by Crippen LogP contribution is 2.42. The van der Waals surface area contributed by atoms with E-state index in [1.165, 1.54) is 6.92 Å². The van der Waals surface area contributed by atoms with Crippen molar-refractivity contribution in [3.05, 3.63) is 34.7 Å². The van der Waals surface area contributed by atoms with Gasteiger partial charge in [-0.2, -0.15) is 4.99 Å². The van der Waals surface area contributed by atoms with Crippen LogP contribution in [0.5, 0.6) is 0 Å². The SMILES string of the molecule is CC(=O)N1C(=O)/C(=C2\SC(N)=NC2=O)c2ccccc21. The van der Waals surface area contributed by atoms with Crippen LogP contribution >= 0.6 is 11.8 Å². The number of anilines is 1. The highest BCUT2D eigenvalue weighted by atomic mass is 32.2. The first-order valence-electron chi connectivity index (χ1n) is 5.75. The van der Waals surface area contributed by atoms with Gasteiger partial charge in [-0.25, -0.2) is 4.90 Å². The van der Waals surface area contributed by atoms with Gasteiger partial charge in [0.25, 0.3) is 11.8 Å². The zero-order chi connectivity index (χ0) is 14.4. The molecule has 0 spiro atoms. The maximum atomic E-state index is 12.4. The lowest BCUT2D eigenvalue weighted by molar-refractivity contribution is -0.122. The topological polar surface area (TPSA) is 92.8 Å². The number of amidine groups is 1. The molecule has 0 bridgehead atoms. The summed E-state index contributed by atoms with van der Waals surface area (Å²) in [5.74, 6) is -1.46. The summed E-state index contributed by atoms with van der Waals surface area (Å²) >= 11 is 0.951. The molecule has 2 aliphatic rings. The smallest absolute Gasteiger partial charge is 0.287 e. The van der Waals surface area contributed by atoms with E-state index in [-0.39, 0.29) is 15.6 Å². The molecule has 0 fully saturated rings. The van der Waals surface area contributed by atoms with Gasteiger partial charge in [-0.05, 0) is 17.8 Å². The number of aliphatic imine (C=N–C) groups is 1. The summed E-state index contributed by atoms with van der Waals surface area (Å²) in [6.45, 7) is 1.30. The number of fused-ring (bicyclic) bond motifs is 1. The standard InChI is InChI=1S/C13H9N3O3S/c1-6(17)16-8-5-3-2-4-7(8)9(12(16)19)10-11(18)15-13(14)20-10/h2-5H,1H3,(H2,14,15,18)/b10-9-. The van der Waals surface area contributed by atoms with Gasteiger partial charge in [-0.3, -0.25) is 14.4 Å². The van der Waals surface area contributed by atoms with Crippen molar-refractivity contribution in [1.29, 1.82) is 0 Å². The molecule has 7 heteroatoms. The predicted octanol–water partition coefficient (Wildman–Crippen LogP) is 0.879. The zero-order valence-corrected chi connectivity index (χ0v) is 11.2. The molecule has 3 amide bonds. The molecule has 1 aromatic carbocycles. The summed E-state index contributed by atoms with van der Waals surface area (Å²) in [5, 5.41) is 0.101. The highest BCUT2D eigenvalue weighted by molar-refractivity contribution is 8.18. The fourth-order valence-electron chi connectivity index (χ4n) is 2.23. The summed E-state index contributed by atoms with van der Waals surface area (Å²) < 4.78 is 0. The van der Waals surface area contributed by atoms with Crippen molar-refractivity contribution in [3.63, 3.8) is 0 Å². The largest absolute Gasteiger partial charge is 0.378 e. The number of hydrogen-bond acceptors (Lipinski definition) is 5. The van der Waals surface area contributed by atoms with E-state index in [0.29, 0.717) is 11.3 Å². The van der Waals surface area contributed by atoms with E-state index in [0.717, 1.165) is 16.7 Å². The van der Waals surface area contributed by atoms with E-state index < -0.39 is 17.7 Å². The summed E-state index contributed by atoms with van der Waals surface area (Å²) in [6, 6.07) is 6.83. The van der Waals surface area contributed by atoms with Crippen LogP contribution in [0.1, 0.15) is 12.5 Å². The number of nitrogens with zero attached hydrogens (tertiary/aromatic N) is 2. The third kappa shape index (κ3) is 1.67. The minimum atomic E-state index is -0.545. The van der Waals surface area contributed by atoms with Crippen molar-refractivity contribution < 1.29 is 14.4 Å². The number of para-hydroxylation sites is 1. The Hall–Kier alpha value is -2.41. The van der Waals surface area contributed by atoms with E-state index in [9.17, 15) is 14.4 Å². The second kappa shape index (κ2) is 4.31. The minimum absolute atomic E-state index is 0.101. The maximum Gasteiger partial charge on any atom is 0.287 e. The quantitative estimate of drug-likeness (QED) is 0.715. The fourth-order valence-corrected chi connectivity index (χ4v) is 3.00. The Bertz CT molecular complexity index is 736. The lowest BCUT2D eigenvalue weighted by Gasteiger charge is -2.11. The number of carbonyl (C=O) groups is 3.